The van der Waals surface area contributed by atoms with E-state index in [-0.39, 0.29) is 23.8 Å². The summed E-state index contributed by atoms with van der Waals surface area (Å²) in [6.45, 7) is 2.81. The number of ether oxygens (including phenoxy) is 1. The molecule has 0 bridgehead atoms. The van der Waals surface area contributed by atoms with Gasteiger partial charge in [0.1, 0.15) is 11.9 Å². The van der Waals surface area contributed by atoms with Gasteiger partial charge >= 0.3 is 0 Å². The molecule has 5 rings (SSSR count). The summed E-state index contributed by atoms with van der Waals surface area (Å²) in [5, 5.41) is 1.78. The van der Waals surface area contributed by atoms with Crippen LogP contribution in [0.15, 0.2) is 54.7 Å². The van der Waals surface area contributed by atoms with Gasteiger partial charge in [0.25, 0.3) is 0 Å². The zero-order valence-corrected chi connectivity index (χ0v) is 21.6. The summed E-state index contributed by atoms with van der Waals surface area (Å²) in [6, 6.07) is 15.5. The molecule has 3 heterocycles. The van der Waals surface area contributed by atoms with E-state index in [0.29, 0.717) is 37.4 Å². The Hall–Kier alpha value is -2.99. The highest BCUT2D eigenvalue weighted by Crippen LogP contribution is 2.29. The summed E-state index contributed by atoms with van der Waals surface area (Å²) in [7, 11) is 2.01. The second-order valence-corrected chi connectivity index (χ2v) is 10.5. The Labute approximate surface area is 217 Å². The maximum Gasteiger partial charge on any atom is 0.227 e. The number of aryl methyl sites for hydroxylation is 1. The molecule has 6 nitrogen and oxygen atoms in total. The van der Waals surface area contributed by atoms with Crippen molar-refractivity contribution in [2.75, 3.05) is 26.2 Å². The molecule has 1 aromatic heterocycles. The number of likely N-dealkylation sites (tertiary alicyclic amines) is 2. The van der Waals surface area contributed by atoms with Crippen LogP contribution in [-0.4, -0.2) is 58.5 Å². The first-order valence-electron chi connectivity index (χ1n) is 13.0. The monoisotopic (exact) mass is 507 g/mol. The highest BCUT2D eigenvalue weighted by atomic mass is 35.5. The van der Waals surface area contributed by atoms with Crippen molar-refractivity contribution in [3.8, 4) is 5.75 Å². The third kappa shape index (κ3) is 5.54. The number of nitrogens with zero attached hydrogens (tertiary/aromatic N) is 3. The van der Waals surface area contributed by atoms with Gasteiger partial charge in [-0.3, -0.25) is 9.59 Å². The molecule has 2 fully saturated rings. The van der Waals surface area contributed by atoms with Gasteiger partial charge in [-0.05, 0) is 55.2 Å². The molecule has 3 aromatic rings. The van der Waals surface area contributed by atoms with E-state index in [9.17, 15) is 9.59 Å². The molecule has 2 amide bonds. The lowest BCUT2D eigenvalue weighted by molar-refractivity contribution is -0.139. The summed E-state index contributed by atoms with van der Waals surface area (Å²) >= 11 is 6.04. The van der Waals surface area contributed by atoms with E-state index >= 15 is 0 Å². The number of halogens is 1. The number of carbonyl (C=O) groups excluding carboxylic acids is 2. The van der Waals surface area contributed by atoms with E-state index in [2.05, 4.69) is 22.9 Å². The lowest BCUT2D eigenvalue weighted by atomic mass is 9.90. The predicted octanol–water partition coefficient (Wildman–Crippen LogP) is 5.07. The fourth-order valence-electron chi connectivity index (χ4n) is 5.61. The first kappa shape index (κ1) is 24.7. The molecule has 2 atom stereocenters. The molecule has 2 saturated heterocycles. The van der Waals surface area contributed by atoms with Crippen molar-refractivity contribution in [1.82, 2.24) is 14.4 Å². The van der Waals surface area contributed by atoms with Crippen LogP contribution in [-0.2, 0) is 23.1 Å². The first-order chi connectivity index (χ1) is 17.5. The number of hydrogen-bond acceptors (Lipinski definition) is 3. The number of hydrogen-bond donors (Lipinski definition) is 0. The minimum atomic E-state index is -0.124. The average Bonchev–Trinajstić information content (AvgIpc) is 3.22. The number of piperidine rings is 2. The van der Waals surface area contributed by atoms with Crippen LogP contribution in [0.2, 0.25) is 5.02 Å². The molecule has 0 aliphatic carbocycles. The molecule has 7 heteroatoms. The third-order valence-electron chi connectivity index (χ3n) is 7.58. The largest absolute Gasteiger partial charge is 0.490 e. The normalized spacial score (nSPS) is 20.5. The Morgan fingerprint density at radius 3 is 2.47 bits per heavy atom. The number of amides is 2. The van der Waals surface area contributed by atoms with Crippen molar-refractivity contribution in [3.63, 3.8) is 0 Å². The molecule has 0 radical (unpaired) electrons. The zero-order chi connectivity index (χ0) is 25.1. The summed E-state index contributed by atoms with van der Waals surface area (Å²) in [4.78, 5) is 30.5. The summed E-state index contributed by atoms with van der Waals surface area (Å²) in [6.07, 6.45) is 6.70. The van der Waals surface area contributed by atoms with E-state index in [4.69, 9.17) is 16.3 Å². The van der Waals surface area contributed by atoms with Crippen LogP contribution < -0.4 is 4.74 Å². The SMILES string of the molecule is Cn1cc(CC(=O)N2CC[C@H](Oc3ccc(Cl)cc3)[C@@H](CC(=O)N3CCCCC3)C2)c2ccccc21. The Morgan fingerprint density at radius 2 is 1.69 bits per heavy atom. The number of rotatable bonds is 6. The summed E-state index contributed by atoms with van der Waals surface area (Å²) in [5.41, 5.74) is 2.17. The Kier molecular flexibility index (Phi) is 7.51. The van der Waals surface area contributed by atoms with Crippen molar-refractivity contribution in [2.24, 2.45) is 13.0 Å². The van der Waals surface area contributed by atoms with Crippen LogP contribution in [0.5, 0.6) is 5.75 Å². The lowest BCUT2D eigenvalue weighted by Crippen LogP contribution is -2.50. The second-order valence-electron chi connectivity index (χ2n) is 10.1. The van der Waals surface area contributed by atoms with Crippen LogP contribution in [0.1, 0.15) is 37.7 Å². The second kappa shape index (κ2) is 11.0. The quantitative estimate of drug-likeness (QED) is 0.468. The highest BCUT2D eigenvalue weighted by molar-refractivity contribution is 6.30. The topological polar surface area (TPSA) is 54.8 Å². The standard InChI is InChI=1S/C29H34ClN3O3/c1-31-19-21(25-7-3-4-8-26(25)31)17-29(35)33-16-13-27(36-24-11-9-23(30)10-12-24)22(20-33)18-28(34)32-14-5-2-6-15-32/h3-4,7-12,19,22,27H,2,5-6,13-18,20H2,1H3/t22-,27-/m0/s1. The Bertz CT molecular complexity index is 1220. The molecule has 190 valence electrons. The van der Waals surface area contributed by atoms with Crippen LogP contribution >= 0.6 is 11.6 Å². The Morgan fingerprint density at radius 1 is 0.944 bits per heavy atom. The van der Waals surface area contributed by atoms with Crippen molar-refractivity contribution in [3.05, 3.63) is 65.3 Å². The van der Waals surface area contributed by atoms with Gasteiger partial charge in [-0.25, -0.2) is 0 Å². The number of fused-ring (bicyclic) bond motifs is 1. The van der Waals surface area contributed by atoms with E-state index in [1.165, 1.54) is 6.42 Å². The van der Waals surface area contributed by atoms with Gasteiger partial charge in [0.15, 0.2) is 0 Å². The van der Waals surface area contributed by atoms with Crippen molar-refractivity contribution in [1.29, 1.82) is 0 Å². The maximum absolute atomic E-state index is 13.4. The van der Waals surface area contributed by atoms with Gasteiger partial charge in [-0.15, -0.1) is 0 Å². The molecular weight excluding hydrogens is 474 g/mol. The Balaban J connectivity index is 1.30. The minimum Gasteiger partial charge on any atom is -0.490 e. The van der Waals surface area contributed by atoms with E-state index < -0.39 is 0 Å². The van der Waals surface area contributed by atoms with Crippen LogP contribution in [0.25, 0.3) is 10.9 Å². The van der Waals surface area contributed by atoms with E-state index in [1.54, 1.807) is 0 Å². The highest BCUT2D eigenvalue weighted by Gasteiger charge is 2.35. The number of aromatic nitrogens is 1. The molecular formula is C29H34ClN3O3. The molecule has 0 saturated carbocycles. The minimum absolute atomic E-state index is 0.0553. The molecule has 2 aromatic carbocycles. The fraction of sp³-hybridized carbons (Fsp3) is 0.448. The molecule has 0 N–H and O–H groups in total. The number of para-hydroxylation sites is 1. The van der Waals surface area contributed by atoms with Crippen LogP contribution in [0, 0.1) is 5.92 Å². The molecule has 0 spiro atoms. The molecule has 2 aliphatic heterocycles. The fourth-order valence-corrected chi connectivity index (χ4v) is 5.74. The third-order valence-corrected chi connectivity index (χ3v) is 7.84. The van der Waals surface area contributed by atoms with Crippen molar-refractivity contribution in [2.45, 2.75) is 44.6 Å². The first-order valence-corrected chi connectivity index (χ1v) is 13.4. The number of benzene rings is 2. The van der Waals surface area contributed by atoms with Gasteiger partial charge in [-0.1, -0.05) is 29.8 Å². The van der Waals surface area contributed by atoms with Crippen LogP contribution in [0.4, 0.5) is 0 Å². The van der Waals surface area contributed by atoms with E-state index in [0.717, 1.165) is 48.1 Å². The molecule has 36 heavy (non-hydrogen) atoms. The summed E-state index contributed by atoms with van der Waals surface area (Å²) < 4.78 is 8.42. The summed E-state index contributed by atoms with van der Waals surface area (Å²) in [5.74, 6) is 0.968. The van der Waals surface area contributed by atoms with Crippen molar-refractivity contribution >= 4 is 34.3 Å². The molecule has 0 unspecified atom stereocenters. The average molecular weight is 508 g/mol. The van der Waals surface area contributed by atoms with Gasteiger partial charge in [0, 0.05) is 74.1 Å². The van der Waals surface area contributed by atoms with Gasteiger partial charge in [-0.2, -0.15) is 0 Å². The predicted molar refractivity (Wildman–Crippen MR) is 142 cm³/mol. The van der Waals surface area contributed by atoms with Crippen LogP contribution in [0.3, 0.4) is 0 Å². The zero-order valence-electron chi connectivity index (χ0n) is 20.9. The van der Waals surface area contributed by atoms with Gasteiger partial charge in [0.2, 0.25) is 11.8 Å². The number of carbonyl (C=O) groups is 2. The lowest BCUT2D eigenvalue weighted by Gasteiger charge is -2.39. The maximum atomic E-state index is 13.4. The van der Waals surface area contributed by atoms with E-state index in [1.807, 2.05) is 53.2 Å². The molecule has 2 aliphatic rings. The van der Waals surface area contributed by atoms with Crippen molar-refractivity contribution < 1.29 is 14.3 Å². The van der Waals surface area contributed by atoms with Gasteiger partial charge in [0.05, 0.1) is 6.42 Å². The smallest absolute Gasteiger partial charge is 0.227 e. The van der Waals surface area contributed by atoms with Gasteiger partial charge < -0.3 is 19.1 Å².